The van der Waals surface area contributed by atoms with E-state index in [0.717, 1.165) is 23.7 Å². The van der Waals surface area contributed by atoms with Gasteiger partial charge in [0.2, 0.25) is 10.0 Å². The second kappa shape index (κ2) is 9.44. The lowest BCUT2D eigenvalue weighted by Gasteiger charge is -2.32. The molecule has 1 saturated heterocycles. The van der Waals surface area contributed by atoms with Gasteiger partial charge in [-0.1, -0.05) is 18.2 Å². The van der Waals surface area contributed by atoms with Gasteiger partial charge in [0.1, 0.15) is 11.6 Å². The molecule has 0 saturated carbocycles. The number of hydrogen-bond acceptors (Lipinski definition) is 5. The van der Waals surface area contributed by atoms with Gasteiger partial charge in [0.25, 0.3) is 5.91 Å². The first kappa shape index (κ1) is 22.0. The Labute approximate surface area is 176 Å². The number of halogens is 1. The van der Waals surface area contributed by atoms with Crippen molar-refractivity contribution in [1.82, 2.24) is 9.80 Å². The Hall–Kier alpha value is -2.65. The third kappa shape index (κ3) is 5.70. The van der Waals surface area contributed by atoms with Crippen LogP contribution < -0.4 is 9.04 Å². The van der Waals surface area contributed by atoms with E-state index in [-0.39, 0.29) is 24.6 Å². The minimum Gasteiger partial charge on any atom is -0.484 e. The topological polar surface area (TPSA) is 70.2 Å². The Morgan fingerprint density at radius 3 is 2.30 bits per heavy atom. The molecule has 2 aromatic rings. The van der Waals surface area contributed by atoms with Crippen LogP contribution >= 0.6 is 0 Å². The predicted molar refractivity (Wildman–Crippen MR) is 113 cm³/mol. The van der Waals surface area contributed by atoms with Crippen LogP contribution in [-0.4, -0.2) is 70.2 Å². The minimum atomic E-state index is -3.63. The molecule has 1 fully saturated rings. The Morgan fingerprint density at radius 1 is 1.07 bits per heavy atom. The number of hydrogen-bond donors (Lipinski definition) is 0. The molecular formula is C21H26FN3O4S. The number of likely N-dealkylation sites (N-methyl/N-ethyl adjacent to an activating group) is 1. The zero-order chi connectivity index (χ0) is 21.7. The maximum absolute atomic E-state index is 14.0. The van der Waals surface area contributed by atoms with E-state index in [1.54, 1.807) is 47.4 Å². The fraction of sp³-hybridized carbons (Fsp3) is 0.381. The van der Waals surface area contributed by atoms with Gasteiger partial charge in [-0.05, 0) is 37.4 Å². The molecule has 1 amide bonds. The highest BCUT2D eigenvalue weighted by atomic mass is 32.2. The number of carbonyl (C=O) groups is 1. The van der Waals surface area contributed by atoms with Crippen LogP contribution in [0.25, 0.3) is 0 Å². The lowest BCUT2D eigenvalue weighted by molar-refractivity contribution is -0.134. The van der Waals surface area contributed by atoms with E-state index in [1.165, 1.54) is 6.07 Å². The maximum atomic E-state index is 14.0. The van der Waals surface area contributed by atoms with Crippen LogP contribution in [0, 0.1) is 5.82 Å². The van der Waals surface area contributed by atoms with Crippen molar-refractivity contribution in [2.24, 2.45) is 0 Å². The Balaban J connectivity index is 1.65. The largest absolute Gasteiger partial charge is 0.484 e. The smallest absolute Gasteiger partial charge is 0.260 e. The monoisotopic (exact) mass is 435 g/mol. The van der Waals surface area contributed by atoms with E-state index in [1.807, 2.05) is 7.05 Å². The van der Waals surface area contributed by atoms with E-state index in [9.17, 15) is 17.6 Å². The molecule has 0 aromatic heterocycles. The van der Waals surface area contributed by atoms with Gasteiger partial charge in [-0.3, -0.25) is 9.10 Å². The number of amides is 1. The third-order valence-electron chi connectivity index (χ3n) is 5.02. The van der Waals surface area contributed by atoms with Gasteiger partial charge in [0.05, 0.1) is 18.5 Å². The molecule has 162 valence electrons. The molecule has 9 heteroatoms. The summed E-state index contributed by atoms with van der Waals surface area (Å²) in [4.78, 5) is 16.2. The third-order valence-corrected chi connectivity index (χ3v) is 6.16. The molecule has 0 atom stereocenters. The maximum Gasteiger partial charge on any atom is 0.260 e. The number of carbonyl (C=O) groups excluding carboxylic acids is 1. The summed E-state index contributed by atoms with van der Waals surface area (Å²) < 4.78 is 45.2. The van der Waals surface area contributed by atoms with Gasteiger partial charge in [-0.2, -0.15) is 0 Å². The molecule has 1 heterocycles. The Morgan fingerprint density at radius 2 is 1.70 bits per heavy atom. The van der Waals surface area contributed by atoms with Crippen LogP contribution in [0.3, 0.4) is 0 Å². The predicted octanol–water partition coefficient (Wildman–Crippen LogP) is 1.94. The van der Waals surface area contributed by atoms with Crippen LogP contribution in [0.1, 0.15) is 5.56 Å². The number of piperazine rings is 1. The number of sulfonamides is 1. The zero-order valence-corrected chi connectivity index (χ0v) is 17.9. The van der Waals surface area contributed by atoms with Gasteiger partial charge >= 0.3 is 0 Å². The first-order chi connectivity index (χ1) is 14.2. The SMILES string of the molecule is CN1CCN(C(=O)COc2ccc(N(Cc3ccccc3F)S(C)(=O)=O)cc2)CC1. The summed E-state index contributed by atoms with van der Waals surface area (Å²) in [7, 11) is -1.61. The summed E-state index contributed by atoms with van der Waals surface area (Å²) in [5.41, 5.74) is 0.666. The standard InChI is InChI=1S/C21H26FN3O4S/c1-23-11-13-24(14-12-23)21(26)16-29-19-9-7-18(8-10-19)25(30(2,27)28)15-17-5-3-4-6-20(17)22/h3-10H,11-16H2,1-2H3. The number of nitrogens with zero attached hydrogens (tertiary/aromatic N) is 3. The van der Waals surface area contributed by atoms with Crippen molar-refractivity contribution in [1.29, 1.82) is 0 Å². The molecule has 3 rings (SSSR count). The van der Waals surface area contributed by atoms with E-state index in [4.69, 9.17) is 4.74 Å². The van der Waals surface area contributed by atoms with Crippen molar-refractivity contribution in [3.63, 3.8) is 0 Å². The fourth-order valence-electron chi connectivity index (χ4n) is 3.18. The van der Waals surface area contributed by atoms with Gasteiger partial charge < -0.3 is 14.5 Å². The molecule has 1 aliphatic rings. The van der Waals surface area contributed by atoms with Gasteiger partial charge in [-0.15, -0.1) is 0 Å². The highest BCUT2D eigenvalue weighted by molar-refractivity contribution is 7.92. The van der Waals surface area contributed by atoms with E-state index < -0.39 is 15.8 Å². The van der Waals surface area contributed by atoms with Gasteiger partial charge in [0, 0.05) is 31.7 Å². The number of benzene rings is 2. The average Bonchev–Trinajstić information content (AvgIpc) is 2.71. The first-order valence-corrected chi connectivity index (χ1v) is 11.5. The minimum absolute atomic E-state index is 0.0753. The second-order valence-corrected chi connectivity index (χ2v) is 9.23. The van der Waals surface area contributed by atoms with Crippen molar-refractivity contribution in [3.8, 4) is 5.75 Å². The van der Waals surface area contributed by atoms with Gasteiger partial charge in [-0.25, -0.2) is 12.8 Å². The second-order valence-electron chi connectivity index (χ2n) is 7.33. The average molecular weight is 436 g/mol. The molecule has 7 nitrogen and oxygen atoms in total. The van der Waals surface area contributed by atoms with Crippen LogP contribution in [0.2, 0.25) is 0 Å². The van der Waals surface area contributed by atoms with Crippen molar-refractivity contribution < 1.29 is 22.3 Å². The Kier molecular flexibility index (Phi) is 6.94. The van der Waals surface area contributed by atoms with Gasteiger partial charge in [0.15, 0.2) is 6.61 Å². The van der Waals surface area contributed by atoms with Crippen molar-refractivity contribution in [3.05, 3.63) is 59.9 Å². The summed E-state index contributed by atoms with van der Waals surface area (Å²) in [5.74, 6) is -0.0846. The van der Waals surface area contributed by atoms with Crippen LogP contribution in [0.15, 0.2) is 48.5 Å². The molecule has 0 radical (unpaired) electrons. The molecule has 0 spiro atoms. The van der Waals surface area contributed by atoms with E-state index >= 15 is 0 Å². The van der Waals surface area contributed by atoms with Crippen LogP contribution in [0.4, 0.5) is 10.1 Å². The molecule has 0 aliphatic carbocycles. The zero-order valence-electron chi connectivity index (χ0n) is 17.1. The first-order valence-electron chi connectivity index (χ1n) is 9.64. The van der Waals surface area contributed by atoms with E-state index in [0.29, 0.717) is 24.5 Å². The Bertz CT molecular complexity index is 974. The summed E-state index contributed by atoms with van der Waals surface area (Å²) in [5, 5.41) is 0. The molecule has 0 N–H and O–H groups in total. The lowest BCUT2D eigenvalue weighted by atomic mass is 10.2. The fourth-order valence-corrected chi connectivity index (χ4v) is 4.06. The van der Waals surface area contributed by atoms with Crippen LogP contribution in [-0.2, 0) is 21.4 Å². The quantitative estimate of drug-likeness (QED) is 0.665. The van der Waals surface area contributed by atoms with Crippen molar-refractivity contribution in [2.75, 3.05) is 50.4 Å². The molecular weight excluding hydrogens is 409 g/mol. The molecule has 1 aliphatic heterocycles. The van der Waals surface area contributed by atoms with E-state index in [2.05, 4.69) is 4.90 Å². The van der Waals surface area contributed by atoms with Crippen molar-refractivity contribution in [2.45, 2.75) is 6.54 Å². The summed E-state index contributed by atoms with van der Waals surface area (Å²) in [6.45, 7) is 2.84. The molecule has 0 unspecified atom stereocenters. The summed E-state index contributed by atoms with van der Waals surface area (Å²) >= 11 is 0. The molecule has 30 heavy (non-hydrogen) atoms. The van der Waals surface area contributed by atoms with Crippen molar-refractivity contribution >= 4 is 21.6 Å². The normalized spacial score (nSPS) is 15.1. The number of ether oxygens (including phenoxy) is 1. The summed E-state index contributed by atoms with van der Waals surface area (Å²) in [6.07, 6.45) is 1.08. The highest BCUT2D eigenvalue weighted by Crippen LogP contribution is 2.24. The summed E-state index contributed by atoms with van der Waals surface area (Å²) in [6, 6.07) is 12.4. The lowest BCUT2D eigenvalue weighted by Crippen LogP contribution is -2.48. The molecule has 0 bridgehead atoms. The number of rotatable bonds is 7. The number of anilines is 1. The van der Waals surface area contributed by atoms with Crippen LogP contribution in [0.5, 0.6) is 5.75 Å². The molecule has 2 aromatic carbocycles. The highest BCUT2D eigenvalue weighted by Gasteiger charge is 2.21.